The van der Waals surface area contributed by atoms with E-state index in [0.717, 1.165) is 0 Å². The Morgan fingerprint density at radius 3 is 2.42 bits per heavy atom. The molecule has 0 radical (unpaired) electrons. The van der Waals surface area contributed by atoms with E-state index in [4.69, 9.17) is 15.5 Å². The molecular weight excluding hydrogens is 181 g/mol. The van der Waals surface area contributed by atoms with Gasteiger partial charge < -0.3 is 10.3 Å². The summed E-state index contributed by atoms with van der Waals surface area (Å²) < 4.78 is 14.6. The Kier molecular flexibility index (Phi) is 2.38. The molecule has 0 aliphatic carbocycles. The number of anilines is 1. The first kappa shape index (κ1) is 9.06. The second-order valence-electron chi connectivity index (χ2n) is 2.12. The molecule has 1 aromatic carbocycles. The molecule has 6 heteroatoms. The molecule has 0 aromatic heterocycles. The summed E-state index contributed by atoms with van der Waals surface area (Å²) in [7, 11) is -4.49. The molecule has 4 N–H and O–H groups in total. The third kappa shape index (κ3) is 2.54. The molecule has 0 heterocycles. The number of phosphoric acid groups is 1. The highest BCUT2D eigenvalue weighted by atomic mass is 31.2. The quantitative estimate of drug-likeness (QED) is 0.471. The van der Waals surface area contributed by atoms with Gasteiger partial charge in [0, 0.05) is 0 Å². The van der Waals surface area contributed by atoms with E-state index in [1.165, 1.54) is 12.1 Å². The Morgan fingerprint density at radius 2 is 1.92 bits per heavy atom. The number of para-hydroxylation sites is 2. The second kappa shape index (κ2) is 3.15. The van der Waals surface area contributed by atoms with Crippen molar-refractivity contribution in [3.05, 3.63) is 24.3 Å². The zero-order chi connectivity index (χ0) is 9.19. The van der Waals surface area contributed by atoms with Crippen LogP contribution >= 0.6 is 7.82 Å². The average molecular weight is 189 g/mol. The maximum atomic E-state index is 10.4. The van der Waals surface area contributed by atoms with Crippen molar-refractivity contribution in [1.29, 1.82) is 0 Å². The van der Waals surface area contributed by atoms with Gasteiger partial charge in [0.2, 0.25) is 0 Å². The Hall–Kier alpha value is -1.03. The molecule has 0 unspecified atom stereocenters. The van der Waals surface area contributed by atoms with Gasteiger partial charge >= 0.3 is 7.82 Å². The van der Waals surface area contributed by atoms with E-state index >= 15 is 0 Å². The monoisotopic (exact) mass is 189 g/mol. The summed E-state index contributed by atoms with van der Waals surface area (Å²) in [5.41, 5.74) is 5.55. The maximum absolute atomic E-state index is 10.4. The molecule has 0 atom stereocenters. The molecule has 0 spiro atoms. The van der Waals surface area contributed by atoms with Crippen molar-refractivity contribution in [3.63, 3.8) is 0 Å². The van der Waals surface area contributed by atoms with Crippen molar-refractivity contribution in [2.45, 2.75) is 0 Å². The zero-order valence-corrected chi connectivity index (χ0v) is 6.94. The van der Waals surface area contributed by atoms with Crippen molar-refractivity contribution in [2.24, 2.45) is 0 Å². The topological polar surface area (TPSA) is 92.8 Å². The highest BCUT2D eigenvalue weighted by molar-refractivity contribution is 7.46. The van der Waals surface area contributed by atoms with Crippen LogP contribution in [-0.2, 0) is 4.57 Å². The first-order valence-corrected chi connectivity index (χ1v) is 4.62. The first-order chi connectivity index (χ1) is 5.49. The molecule has 1 rings (SSSR count). The standard InChI is InChI=1S/C6H8NO4P/c7-5-3-1-2-4-6(5)11-12(8,9)10/h1-4H,7H2,(H2,8,9,10). The fourth-order valence-electron chi connectivity index (χ4n) is 0.692. The van der Waals surface area contributed by atoms with E-state index in [1.807, 2.05) is 0 Å². The lowest BCUT2D eigenvalue weighted by molar-refractivity contribution is 0.283. The molecule has 12 heavy (non-hydrogen) atoms. The van der Waals surface area contributed by atoms with Crippen molar-refractivity contribution < 1.29 is 18.9 Å². The number of phosphoric ester groups is 1. The predicted octanol–water partition coefficient (Wildman–Crippen LogP) is 0.740. The first-order valence-electron chi connectivity index (χ1n) is 3.09. The summed E-state index contributed by atoms with van der Waals surface area (Å²) in [5.74, 6) is -0.00849. The number of hydrogen-bond donors (Lipinski definition) is 3. The highest BCUT2D eigenvalue weighted by Crippen LogP contribution is 2.39. The lowest BCUT2D eigenvalue weighted by Crippen LogP contribution is -1.94. The normalized spacial score (nSPS) is 11.2. The molecule has 5 nitrogen and oxygen atoms in total. The van der Waals surface area contributed by atoms with E-state index in [2.05, 4.69) is 4.52 Å². The van der Waals surface area contributed by atoms with Gasteiger partial charge in [0.15, 0.2) is 5.75 Å². The van der Waals surface area contributed by atoms with E-state index in [1.54, 1.807) is 12.1 Å². The molecule has 0 fully saturated rings. The van der Waals surface area contributed by atoms with Crippen LogP contribution in [0.4, 0.5) is 5.69 Å². The van der Waals surface area contributed by atoms with Crippen molar-refractivity contribution in [2.75, 3.05) is 5.73 Å². The Bertz CT molecular complexity index is 321. The SMILES string of the molecule is Nc1ccccc1OP(=O)(O)O. The van der Waals surface area contributed by atoms with Gasteiger partial charge in [0.1, 0.15) is 0 Å². The molecule has 0 saturated carbocycles. The van der Waals surface area contributed by atoms with Gasteiger partial charge in [0.25, 0.3) is 0 Å². The van der Waals surface area contributed by atoms with E-state index in [9.17, 15) is 4.57 Å². The second-order valence-corrected chi connectivity index (χ2v) is 3.28. The van der Waals surface area contributed by atoms with Crippen LogP contribution in [0.5, 0.6) is 5.75 Å². The van der Waals surface area contributed by atoms with E-state index in [-0.39, 0.29) is 11.4 Å². The Balaban J connectivity index is 2.90. The van der Waals surface area contributed by atoms with Crippen LogP contribution in [0.3, 0.4) is 0 Å². The maximum Gasteiger partial charge on any atom is 0.524 e. The third-order valence-corrected chi connectivity index (χ3v) is 1.57. The molecule has 66 valence electrons. The minimum atomic E-state index is -4.49. The molecule has 0 saturated heterocycles. The third-order valence-electron chi connectivity index (χ3n) is 1.14. The molecular formula is C6H8NO4P. The minimum absolute atomic E-state index is 0.00849. The molecule has 0 amide bonds. The summed E-state index contributed by atoms with van der Waals surface area (Å²) in [5, 5.41) is 0. The summed E-state index contributed by atoms with van der Waals surface area (Å²) in [6.07, 6.45) is 0. The van der Waals surface area contributed by atoms with Gasteiger partial charge in [-0.2, -0.15) is 0 Å². The summed E-state index contributed by atoms with van der Waals surface area (Å²) in [6.45, 7) is 0. The molecule has 1 aromatic rings. The Morgan fingerprint density at radius 1 is 1.33 bits per heavy atom. The number of hydrogen-bond acceptors (Lipinski definition) is 3. The Labute approximate surface area is 69.0 Å². The predicted molar refractivity (Wildman–Crippen MR) is 43.5 cm³/mol. The molecule has 0 aliphatic heterocycles. The van der Waals surface area contributed by atoms with Gasteiger partial charge in [-0.15, -0.1) is 0 Å². The van der Waals surface area contributed by atoms with Crippen LogP contribution in [0.2, 0.25) is 0 Å². The lowest BCUT2D eigenvalue weighted by atomic mass is 10.3. The minimum Gasteiger partial charge on any atom is -0.402 e. The zero-order valence-electron chi connectivity index (χ0n) is 6.04. The van der Waals surface area contributed by atoms with Crippen molar-refractivity contribution in [3.8, 4) is 5.75 Å². The number of rotatable bonds is 2. The van der Waals surface area contributed by atoms with Crippen LogP contribution in [0.1, 0.15) is 0 Å². The van der Waals surface area contributed by atoms with Crippen LogP contribution in [0, 0.1) is 0 Å². The van der Waals surface area contributed by atoms with Gasteiger partial charge in [0.05, 0.1) is 5.69 Å². The van der Waals surface area contributed by atoms with E-state index < -0.39 is 7.82 Å². The van der Waals surface area contributed by atoms with Crippen molar-refractivity contribution >= 4 is 13.5 Å². The summed E-state index contributed by atoms with van der Waals surface area (Å²) in [4.78, 5) is 16.9. The number of nitrogen functional groups attached to an aromatic ring is 1. The van der Waals surface area contributed by atoms with E-state index in [0.29, 0.717) is 0 Å². The summed E-state index contributed by atoms with van der Waals surface area (Å²) >= 11 is 0. The molecule has 0 bridgehead atoms. The fourth-order valence-corrected chi connectivity index (χ4v) is 1.11. The number of nitrogens with two attached hydrogens (primary N) is 1. The average Bonchev–Trinajstić information content (AvgIpc) is 1.91. The van der Waals surface area contributed by atoms with Crippen LogP contribution in [0.25, 0.3) is 0 Å². The van der Waals surface area contributed by atoms with Crippen LogP contribution in [0.15, 0.2) is 24.3 Å². The highest BCUT2D eigenvalue weighted by Gasteiger charge is 2.16. The molecule has 0 aliphatic rings. The van der Waals surface area contributed by atoms with Crippen LogP contribution in [-0.4, -0.2) is 9.79 Å². The van der Waals surface area contributed by atoms with Crippen LogP contribution < -0.4 is 10.3 Å². The smallest absolute Gasteiger partial charge is 0.402 e. The van der Waals surface area contributed by atoms with Gasteiger partial charge in [-0.25, -0.2) is 4.57 Å². The summed E-state index contributed by atoms with van der Waals surface area (Å²) in [6, 6.07) is 6.09. The fraction of sp³-hybridized carbons (Fsp3) is 0. The largest absolute Gasteiger partial charge is 0.524 e. The van der Waals surface area contributed by atoms with Gasteiger partial charge in [-0.1, -0.05) is 12.1 Å². The lowest BCUT2D eigenvalue weighted by Gasteiger charge is -2.07. The van der Waals surface area contributed by atoms with Crippen molar-refractivity contribution in [1.82, 2.24) is 0 Å². The van der Waals surface area contributed by atoms with Gasteiger partial charge in [-0.3, -0.25) is 9.79 Å². The van der Waals surface area contributed by atoms with Gasteiger partial charge in [-0.05, 0) is 12.1 Å². The number of benzene rings is 1.